The molecule has 0 aromatic heterocycles. The fourth-order valence-corrected chi connectivity index (χ4v) is 3.11. The van der Waals surface area contributed by atoms with Gasteiger partial charge < -0.3 is 5.32 Å². The minimum Gasteiger partial charge on any atom is -0.316 e. The smallest absolute Gasteiger partial charge is 0.215 e. The monoisotopic (exact) mass is 232 g/mol. The van der Waals surface area contributed by atoms with Crippen LogP contribution in [0.3, 0.4) is 0 Å². The summed E-state index contributed by atoms with van der Waals surface area (Å²) in [5.74, 6) is 0.186. The van der Waals surface area contributed by atoms with E-state index >= 15 is 0 Å². The van der Waals surface area contributed by atoms with Gasteiger partial charge in [0.05, 0.1) is 5.75 Å². The van der Waals surface area contributed by atoms with Crippen molar-refractivity contribution in [3.63, 3.8) is 0 Å². The van der Waals surface area contributed by atoms with Crippen LogP contribution in [0.4, 0.5) is 0 Å². The molecule has 0 aromatic carbocycles. The van der Waals surface area contributed by atoms with Crippen LogP contribution in [0.5, 0.6) is 0 Å². The van der Waals surface area contributed by atoms with E-state index in [9.17, 15) is 8.42 Å². The minimum atomic E-state index is -3.09. The first kappa shape index (κ1) is 12.7. The van der Waals surface area contributed by atoms with E-state index in [0.29, 0.717) is 13.1 Å². The van der Waals surface area contributed by atoms with Crippen molar-refractivity contribution in [2.24, 2.45) is 0 Å². The Morgan fingerprint density at radius 1 is 1.53 bits per heavy atom. The second-order valence-corrected chi connectivity index (χ2v) is 5.80. The van der Waals surface area contributed by atoms with Gasteiger partial charge in [-0.3, -0.25) is 0 Å². The molecule has 1 aliphatic carbocycles. The highest BCUT2D eigenvalue weighted by molar-refractivity contribution is 7.89. The Bertz CT molecular complexity index is 297. The van der Waals surface area contributed by atoms with Crippen molar-refractivity contribution < 1.29 is 8.42 Å². The van der Waals surface area contributed by atoms with Gasteiger partial charge in [-0.15, -0.1) is 6.58 Å². The first-order valence-corrected chi connectivity index (χ1v) is 7.04. The Labute approximate surface area is 92.4 Å². The molecule has 0 spiro atoms. The lowest BCUT2D eigenvalue weighted by Crippen LogP contribution is -2.38. The van der Waals surface area contributed by atoms with E-state index in [2.05, 4.69) is 11.9 Å². The molecule has 0 aromatic rings. The van der Waals surface area contributed by atoms with Crippen molar-refractivity contribution in [2.45, 2.75) is 25.8 Å². The van der Waals surface area contributed by atoms with E-state index in [-0.39, 0.29) is 11.8 Å². The van der Waals surface area contributed by atoms with E-state index in [1.54, 1.807) is 10.4 Å². The molecule has 0 radical (unpaired) electrons. The van der Waals surface area contributed by atoms with Crippen LogP contribution in [0.25, 0.3) is 0 Å². The van der Waals surface area contributed by atoms with Gasteiger partial charge in [0.15, 0.2) is 0 Å². The molecule has 1 rings (SSSR count). The van der Waals surface area contributed by atoms with Gasteiger partial charge in [-0.1, -0.05) is 13.0 Å². The summed E-state index contributed by atoms with van der Waals surface area (Å²) in [6.45, 7) is 7.34. The summed E-state index contributed by atoms with van der Waals surface area (Å²) in [7, 11) is -3.09. The maximum Gasteiger partial charge on any atom is 0.215 e. The molecule has 0 unspecified atom stereocenters. The van der Waals surface area contributed by atoms with Gasteiger partial charge in [0.2, 0.25) is 10.0 Å². The van der Waals surface area contributed by atoms with E-state index in [1.165, 1.54) is 0 Å². The van der Waals surface area contributed by atoms with Crippen LogP contribution in [0.2, 0.25) is 0 Å². The molecular weight excluding hydrogens is 212 g/mol. The Hall–Kier alpha value is -0.390. The average Bonchev–Trinajstić information content (AvgIpc) is 2.97. The predicted octanol–water partition coefficient (Wildman–Crippen LogP) is 0.576. The molecule has 4 nitrogen and oxygen atoms in total. The van der Waals surface area contributed by atoms with Crippen molar-refractivity contribution >= 4 is 10.0 Å². The summed E-state index contributed by atoms with van der Waals surface area (Å²) >= 11 is 0. The molecule has 5 heteroatoms. The second kappa shape index (κ2) is 5.63. The second-order valence-electron chi connectivity index (χ2n) is 3.76. The van der Waals surface area contributed by atoms with Gasteiger partial charge in [-0.05, 0) is 19.4 Å². The number of sulfonamides is 1. The van der Waals surface area contributed by atoms with Crippen molar-refractivity contribution in [3.8, 4) is 0 Å². The molecule has 0 aliphatic heterocycles. The minimum absolute atomic E-state index is 0.186. The molecule has 1 N–H and O–H groups in total. The molecule has 88 valence electrons. The lowest BCUT2D eigenvalue weighted by molar-refractivity contribution is 0.435. The third-order valence-corrected chi connectivity index (χ3v) is 4.29. The molecule has 1 saturated carbocycles. The summed E-state index contributed by atoms with van der Waals surface area (Å²) in [6, 6.07) is 0.231. The molecule has 0 atom stereocenters. The lowest BCUT2D eigenvalue weighted by atomic mass is 10.6. The molecule has 0 saturated heterocycles. The zero-order chi connectivity index (χ0) is 11.3. The fraction of sp³-hybridized carbons (Fsp3) is 0.800. The topological polar surface area (TPSA) is 49.4 Å². The highest BCUT2D eigenvalue weighted by Crippen LogP contribution is 2.29. The standard InChI is InChI=1S/C10H20N2O2S/c1-3-8-12(10-5-6-10)15(13,14)9-7-11-4-2/h3,10-11H,1,4-9H2,2H3. The van der Waals surface area contributed by atoms with E-state index < -0.39 is 10.0 Å². The summed E-state index contributed by atoms with van der Waals surface area (Å²) in [5, 5.41) is 3.03. The highest BCUT2D eigenvalue weighted by atomic mass is 32.2. The molecule has 0 heterocycles. The van der Waals surface area contributed by atoms with Crippen molar-refractivity contribution in [2.75, 3.05) is 25.4 Å². The molecule has 1 fully saturated rings. The molecular formula is C10H20N2O2S. The van der Waals surface area contributed by atoms with Crippen molar-refractivity contribution in [1.82, 2.24) is 9.62 Å². The van der Waals surface area contributed by atoms with Gasteiger partial charge >= 0.3 is 0 Å². The van der Waals surface area contributed by atoms with Crippen LogP contribution >= 0.6 is 0 Å². The lowest BCUT2D eigenvalue weighted by Gasteiger charge is -2.20. The SMILES string of the molecule is C=CCN(C1CC1)S(=O)(=O)CCNCC. The quantitative estimate of drug-likeness (QED) is 0.492. The van der Waals surface area contributed by atoms with Gasteiger partial charge in [0, 0.05) is 19.1 Å². The largest absolute Gasteiger partial charge is 0.316 e. The predicted molar refractivity (Wildman–Crippen MR) is 62.3 cm³/mol. The maximum absolute atomic E-state index is 11.9. The zero-order valence-electron chi connectivity index (χ0n) is 9.28. The van der Waals surface area contributed by atoms with Crippen LogP contribution in [0.15, 0.2) is 12.7 Å². The van der Waals surface area contributed by atoms with Crippen LogP contribution in [0, 0.1) is 0 Å². The fourth-order valence-electron chi connectivity index (χ4n) is 1.47. The zero-order valence-corrected chi connectivity index (χ0v) is 10.1. The van der Waals surface area contributed by atoms with Crippen LogP contribution in [-0.4, -0.2) is 44.2 Å². The highest BCUT2D eigenvalue weighted by Gasteiger charge is 2.35. The first-order valence-electron chi connectivity index (χ1n) is 5.43. The van der Waals surface area contributed by atoms with Crippen LogP contribution < -0.4 is 5.32 Å². The molecule has 0 bridgehead atoms. The number of hydrogen-bond acceptors (Lipinski definition) is 3. The number of hydrogen-bond donors (Lipinski definition) is 1. The van der Waals surface area contributed by atoms with Gasteiger partial charge in [0.1, 0.15) is 0 Å². The first-order chi connectivity index (χ1) is 7.11. The van der Waals surface area contributed by atoms with Crippen molar-refractivity contribution in [3.05, 3.63) is 12.7 Å². The normalized spacial score (nSPS) is 16.9. The summed E-state index contributed by atoms with van der Waals surface area (Å²) in [4.78, 5) is 0. The van der Waals surface area contributed by atoms with Crippen molar-refractivity contribution in [1.29, 1.82) is 0 Å². The number of nitrogens with zero attached hydrogens (tertiary/aromatic N) is 1. The molecule has 0 amide bonds. The van der Waals surface area contributed by atoms with E-state index in [4.69, 9.17) is 0 Å². The Balaban J connectivity index is 2.51. The summed E-state index contributed by atoms with van der Waals surface area (Å²) in [5.41, 5.74) is 0. The molecule has 15 heavy (non-hydrogen) atoms. The number of rotatable bonds is 8. The average molecular weight is 232 g/mol. The summed E-state index contributed by atoms with van der Waals surface area (Å²) < 4.78 is 25.4. The van der Waals surface area contributed by atoms with Crippen LogP contribution in [-0.2, 0) is 10.0 Å². The van der Waals surface area contributed by atoms with E-state index in [0.717, 1.165) is 19.4 Å². The van der Waals surface area contributed by atoms with Gasteiger partial charge in [-0.2, -0.15) is 4.31 Å². The maximum atomic E-state index is 11.9. The van der Waals surface area contributed by atoms with Gasteiger partial charge in [-0.25, -0.2) is 8.42 Å². The van der Waals surface area contributed by atoms with E-state index in [1.807, 2.05) is 6.92 Å². The summed E-state index contributed by atoms with van der Waals surface area (Å²) in [6.07, 6.45) is 3.64. The number of nitrogens with one attached hydrogen (secondary N) is 1. The third-order valence-electron chi connectivity index (χ3n) is 2.41. The Morgan fingerprint density at radius 2 is 2.20 bits per heavy atom. The Kier molecular flexibility index (Phi) is 4.76. The Morgan fingerprint density at radius 3 is 2.67 bits per heavy atom. The molecule has 1 aliphatic rings. The van der Waals surface area contributed by atoms with Gasteiger partial charge in [0.25, 0.3) is 0 Å². The van der Waals surface area contributed by atoms with Crippen LogP contribution in [0.1, 0.15) is 19.8 Å². The third kappa shape index (κ3) is 3.93.